The molecular formula is C42H49N5O7S2Y2-2. The average molecular weight is 978 g/mol. The summed E-state index contributed by atoms with van der Waals surface area (Å²) >= 11 is 3.00. The first-order chi connectivity index (χ1) is 26.7. The molecule has 4 aromatic rings. The Balaban J connectivity index is 0.000000303. The summed E-state index contributed by atoms with van der Waals surface area (Å²) < 4.78 is 5.95. The van der Waals surface area contributed by atoms with Gasteiger partial charge in [-0.2, -0.15) is 24.3 Å². The van der Waals surface area contributed by atoms with Gasteiger partial charge in [-0.25, -0.2) is 9.59 Å². The van der Waals surface area contributed by atoms with Gasteiger partial charge in [0.25, 0.3) is 11.8 Å². The monoisotopic (exact) mass is 977 g/mol. The van der Waals surface area contributed by atoms with Crippen LogP contribution in [0.25, 0.3) is 0 Å². The van der Waals surface area contributed by atoms with Crippen LogP contribution in [0.2, 0.25) is 0 Å². The zero-order chi connectivity index (χ0) is 40.7. The van der Waals surface area contributed by atoms with Gasteiger partial charge in [-0.3, -0.25) is 29.2 Å². The summed E-state index contributed by atoms with van der Waals surface area (Å²) in [5.74, 6) is 0.879. The fourth-order valence-electron chi connectivity index (χ4n) is 6.57. The van der Waals surface area contributed by atoms with E-state index in [1.165, 1.54) is 28.2 Å². The fraction of sp³-hybridized carbons (Fsp3) is 0.381. The van der Waals surface area contributed by atoms with E-state index in [4.69, 9.17) is 4.74 Å². The maximum absolute atomic E-state index is 13.2. The third-order valence-corrected chi connectivity index (χ3v) is 11.8. The Labute approximate surface area is 399 Å². The molecular weight excluding hydrogens is 928 g/mol. The SMILES string of the molecule is CCC(O)c1ccc(N2C(=O)N(C)C(=O)C2CCSc2nc[c-]s2)cc1.[CH2-]Oc1cccc(CC2C(=O)N(C(C)C)C(=O)N2c2ccc(C(C)(C)CO)cc2)c1.[Y].[Y]. The minimum absolute atomic E-state index is 0. The van der Waals surface area contributed by atoms with E-state index in [1.54, 1.807) is 58.1 Å². The van der Waals surface area contributed by atoms with Crippen molar-refractivity contribution in [2.24, 2.45) is 0 Å². The third kappa shape index (κ3) is 11.4. The van der Waals surface area contributed by atoms with E-state index in [-0.39, 0.29) is 107 Å². The minimum Gasteiger partial charge on any atom is -0.665 e. The molecule has 6 amide bonds. The van der Waals surface area contributed by atoms with Gasteiger partial charge in [0, 0.05) is 102 Å². The minimum atomic E-state index is -0.642. The Morgan fingerprint density at radius 1 is 0.931 bits per heavy atom. The van der Waals surface area contributed by atoms with E-state index < -0.39 is 18.2 Å². The van der Waals surface area contributed by atoms with Gasteiger partial charge < -0.3 is 31.3 Å². The number of thioether (sulfide) groups is 1. The number of aliphatic hydroxyl groups excluding tert-OH is 2. The van der Waals surface area contributed by atoms with Crippen molar-refractivity contribution in [2.75, 3.05) is 29.2 Å². The van der Waals surface area contributed by atoms with Crippen molar-refractivity contribution >= 4 is 58.4 Å². The maximum Gasteiger partial charge on any atom is 0.332 e. The molecule has 0 saturated carbocycles. The number of aromatic nitrogens is 1. The summed E-state index contributed by atoms with van der Waals surface area (Å²) in [4.78, 5) is 61.2. The normalized spacial score (nSPS) is 17.3. The molecule has 0 bridgehead atoms. The topological polar surface area (TPSA) is 144 Å². The van der Waals surface area contributed by atoms with Gasteiger partial charge in [0.15, 0.2) is 0 Å². The summed E-state index contributed by atoms with van der Waals surface area (Å²) in [6.07, 6.45) is 2.64. The van der Waals surface area contributed by atoms with Crippen LogP contribution in [0, 0.1) is 12.5 Å². The third-order valence-electron chi connectivity index (χ3n) is 9.93. The summed E-state index contributed by atoms with van der Waals surface area (Å²) in [7, 11) is 4.94. The van der Waals surface area contributed by atoms with E-state index in [2.05, 4.69) is 17.5 Å². The van der Waals surface area contributed by atoms with Crippen molar-refractivity contribution in [2.45, 2.75) is 87.9 Å². The first-order valence-corrected chi connectivity index (χ1v) is 20.2. The largest absolute Gasteiger partial charge is 0.665 e. The Morgan fingerprint density at radius 2 is 1.55 bits per heavy atom. The molecule has 3 aromatic carbocycles. The number of aliphatic hydroxyl groups is 2. The molecule has 3 unspecified atom stereocenters. The number of hydrogen-bond donors (Lipinski definition) is 2. The van der Waals surface area contributed by atoms with Crippen LogP contribution < -0.4 is 14.5 Å². The predicted octanol–water partition coefficient (Wildman–Crippen LogP) is 7.25. The number of benzene rings is 3. The molecule has 304 valence electrons. The number of urea groups is 2. The number of hydrogen-bond acceptors (Lipinski definition) is 10. The van der Waals surface area contributed by atoms with Crippen LogP contribution in [0.5, 0.6) is 5.75 Å². The number of thiazole rings is 1. The number of anilines is 2. The Bertz CT molecular complexity index is 1980. The van der Waals surface area contributed by atoms with E-state index >= 15 is 0 Å². The number of carbonyl (C=O) groups excluding carboxylic acids is 4. The Morgan fingerprint density at radius 3 is 2.10 bits per heavy atom. The molecule has 3 atom stereocenters. The zero-order valence-corrected chi connectivity index (χ0v) is 41.0. The number of nitrogens with zero attached hydrogens (tertiary/aromatic N) is 5. The zero-order valence-electron chi connectivity index (χ0n) is 33.7. The van der Waals surface area contributed by atoms with Crippen molar-refractivity contribution in [3.8, 4) is 5.75 Å². The van der Waals surface area contributed by atoms with Gasteiger partial charge in [-0.1, -0.05) is 63.4 Å². The molecule has 16 heteroatoms. The Kier molecular flexibility index (Phi) is 19.2. The number of carbonyl (C=O) groups is 4. The second kappa shape index (κ2) is 22.3. The summed E-state index contributed by atoms with van der Waals surface area (Å²) in [6.45, 7) is 9.49. The fourth-order valence-corrected chi connectivity index (χ4v) is 8.16. The van der Waals surface area contributed by atoms with Crippen LogP contribution in [0.1, 0.15) is 70.3 Å². The van der Waals surface area contributed by atoms with Crippen molar-refractivity contribution < 1.29 is 99.5 Å². The first-order valence-electron chi connectivity index (χ1n) is 18.4. The van der Waals surface area contributed by atoms with Crippen molar-refractivity contribution in [3.63, 3.8) is 0 Å². The van der Waals surface area contributed by atoms with Gasteiger partial charge in [0.05, 0.1) is 18.5 Å². The number of ether oxygens (including phenoxy) is 1. The number of amides is 6. The average Bonchev–Trinajstić information content (AvgIpc) is 3.87. The van der Waals surface area contributed by atoms with Crippen molar-refractivity contribution in [3.05, 3.63) is 108 Å². The van der Waals surface area contributed by atoms with Crippen molar-refractivity contribution in [1.82, 2.24) is 14.8 Å². The molecule has 0 spiro atoms. The van der Waals surface area contributed by atoms with Gasteiger partial charge in [-0.05, 0) is 89.9 Å². The van der Waals surface area contributed by atoms with E-state index in [1.807, 2.05) is 77.1 Å². The molecule has 2 fully saturated rings. The van der Waals surface area contributed by atoms with E-state index in [0.29, 0.717) is 42.1 Å². The standard InChI is InChI=1S/C24H29N2O4.C18H20N3O3S2.2Y/c1-16(2)25-22(28)21(14-17-7-6-8-20(13-17)30-5)26(23(25)29)19-11-9-18(10-12-19)24(3,4)15-27;1-3-15(22)12-4-6-13(7-5-12)21-14(16(23)20(2)18(21)24)8-10-25-17-19-9-11-26-17;;/h6-13,16,21,27H,5,14-15H2,1-4H3;4-7,9,14-15,22H,3,8,10H2,1-2H3;;/q2*-1;;. The van der Waals surface area contributed by atoms with Crippen LogP contribution in [0.15, 0.2) is 83.3 Å². The van der Waals surface area contributed by atoms with Gasteiger partial charge >= 0.3 is 12.1 Å². The molecule has 2 radical (unpaired) electrons. The number of likely N-dealkylation sites (N-methyl/N-ethyl adjacent to an activating group) is 1. The molecule has 2 aliphatic heterocycles. The van der Waals surface area contributed by atoms with Crippen LogP contribution in [-0.2, 0) is 86.8 Å². The first kappa shape index (κ1) is 49.8. The molecule has 12 nitrogen and oxygen atoms in total. The smallest absolute Gasteiger partial charge is 0.332 e. The molecule has 58 heavy (non-hydrogen) atoms. The molecule has 0 aliphatic carbocycles. The van der Waals surface area contributed by atoms with E-state index in [0.717, 1.165) is 21.0 Å². The second-order valence-electron chi connectivity index (χ2n) is 14.5. The van der Waals surface area contributed by atoms with Crippen LogP contribution in [-0.4, -0.2) is 86.4 Å². The Hall–Kier alpha value is -2.55. The van der Waals surface area contributed by atoms with Crippen LogP contribution >= 0.6 is 23.1 Å². The summed E-state index contributed by atoms with van der Waals surface area (Å²) in [6, 6.07) is 20.0. The maximum atomic E-state index is 13.2. The molecule has 2 saturated heterocycles. The van der Waals surface area contributed by atoms with Crippen LogP contribution in [0.3, 0.4) is 0 Å². The number of imide groups is 2. The molecule has 3 heterocycles. The molecule has 1 aromatic heterocycles. The molecule has 6 rings (SSSR count). The predicted molar refractivity (Wildman–Crippen MR) is 219 cm³/mol. The van der Waals surface area contributed by atoms with E-state index in [9.17, 15) is 29.4 Å². The molecule has 2 N–H and O–H groups in total. The van der Waals surface area contributed by atoms with Gasteiger partial charge in [-0.15, -0.1) is 0 Å². The van der Waals surface area contributed by atoms with Gasteiger partial charge in [0.1, 0.15) is 12.1 Å². The summed E-state index contributed by atoms with van der Waals surface area (Å²) in [5, 5.41) is 22.5. The summed E-state index contributed by atoms with van der Waals surface area (Å²) in [5.41, 5.74) is 3.58. The van der Waals surface area contributed by atoms with Crippen molar-refractivity contribution in [1.29, 1.82) is 0 Å². The quantitative estimate of drug-likeness (QED) is 0.0760. The molecule has 2 aliphatic rings. The second-order valence-corrected chi connectivity index (χ2v) is 16.7. The van der Waals surface area contributed by atoms with Gasteiger partial charge in [0.2, 0.25) is 0 Å². The van der Waals surface area contributed by atoms with Crippen LogP contribution in [0.4, 0.5) is 21.0 Å². The number of rotatable bonds is 14.